The average Bonchev–Trinajstić information content (AvgIpc) is 3.05. The first-order chi connectivity index (χ1) is 7.66. The average molecular weight is 221 g/mol. The zero-order valence-corrected chi connectivity index (χ0v) is 9.36. The molecule has 0 aromatic heterocycles. The molecule has 86 valence electrons. The summed E-state index contributed by atoms with van der Waals surface area (Å²) in [7, 11) is 1.83. The second kappa shape index (κ2) is 4.51. The molecule has 1 saturated carbocycles. The van der Waals surface area contributed by atoms with Crippen molar-refractivity contribution in [1.29, 1.82) is 0 Å². The first kappa shape index (κ1) is 10.9. The molecule has 0 radical (unpaired) electrons. The monoisotopic (exact) mass is 221 g/mol. The third kappa shape index (κ3) is 2.72. The molecule has 0 aliphatic heterocycles. The highest BCUT2D eigenvalue weighted by Crippen LogP contribution is 2.23. The Balaban J connectivity index is 2.01. The van der Waals surface area contributed by atoms with Crippen LogP contribution in [0.3, 0.4) is 0 Å². The molecule has 0 atom stereocenters. The van der Waals surface area contributed by atoms with Gasteiger partial charge in [-0.3, -0.25) is 0 Å². The van der Waals surface area contributed by atoms with Crippen LogP contribution in [0.2, 0.25) is 0 Å². The van der Waals surface area contributed by atoms with Crippen molar-refractivity contribution in [3.8, 4) is 0 Å². The van der Waals surface area contributed by atoms with Crippen molar-refractivity contribution in [2.75, 3.05) is 7.05 Å². The molecule has 0 heterocycles. The number of guanidine groups is 1. The van der Waals surface area contributed by atoms with Crippen molar-refractivity contribution < 1.29 is 4.39 Å². The molecule has 1 aliphatic rings. The van der Waals surface area contributed by atoms with Crippen LogP contribution in [0.5, 0.6) is 0 Å². The lowest BCUT2D eigenvalue weighted by molar-refractivity contribution is 0.472. The van der Waals surface area contributed by atoms with E-state index in [0.29, 0.717) is 24.1 Å². The number of benzene rings is 1. The number of hydrogen-bond acceptors (Lipinski definition) is 1. The minimum absolute atomic E-state index is 0.200. The zero-order valence-electron chi connectivity index (χ0n) is 9.36. The van der Waals surface area contributed by atoms with Crippen LogP contribution >= 0.6 is 0 Å². The van der Waals surface area contributed by atoms with E-state index in [4.69, 9.17) is 5.73 Å². The molecular weight excluding hydrogens is 205 g/mol. The van der Waals surface area contributed by atoms with Crippen molar-refractivity contribution in [1.82, 2.24) is 4.90 Å². The second-order valence-corrected chi connectivity index (χ2v) is 4.17. The summed E-state index contributed by atoms with van der Waals surface area (Å²) in [4.78, 5) is 6.09. The molecule has 0 saturated heterocycles. The van der Waals surface area contributed by atoms with E-state index < -0.39 is 0 Å². The SMILES string of the molecule is CN(Cc1ccccc1F)C(N)=NC1CC1. The number of nitrogens with two attached hydrogens (primary N) is 1. The molecule has 0 spiro atoms. The van der Waals surface area contributed by atoms with E-state index in [-0.39, 0.29) is 5.82 Å². The largest absolute Gasteiger partial charge is 0.370 e. The Morgan fingerprint density at radius 1 is 1.50 bits per heavy atom. The summed E-state index contributed by atoms with van der Waals surface area (Å²) in [5.74, 6) is 0.291. The van der Waals surface area contributed by atoms with Crippen molar-refractivity contribution in [3.63, 3.8) is 0 Å². The number of hydrogen-bond donors (Lipinski definition) is 1. The van der Waals surface area contributed by atoms with Crippen LogP contribution in [0.15, 0.2) is 29.3 Å². The Labute approximate surface area is 94.8 Å². The molecule has 0 unspecified atom stereocenters. The fraction of sp³-hybridized carbons (Fsp3) is 0.417. The molecule has 0 amide bonds. The van der Waals surface area contributed by atoms with Crippen molar-refractivity contribution in [2.24, 2.45) is 10.7 Å². The van der Waals surface area contributed by atoms with Gasteiger partial charge in [0.25, 0.3) is 0 Å². The van der Waals surface area contributed by atoms with Crippen molar-refractivity contribution >= 4 is 5.96 Å². The zero-order chi connectivity index (χ0) is 11.5. The minimum Gasteiger partial charge on any atom is -0.370 e. The molecule has 3 nitrogen and oxygen atoms in total. The maximum atomic E-state index is 13.4. The summed E-state index contributed by atoms with van der Waals surface area (Å²) in [6.45, 7) is 0.453. The summed E-state index contributed by atoms with van der Waals surface area (Å²) >= 11 is 0. The number of rotatable bonds is 3. The van der Waals surface area contributed by atoms with Gasteiger partial charge in [-0.25, -0.2) is 9.38 Å². The fourth-order valence-corrected chi connectivity index (χ4v) is 1.45. The first-order valence-corrected chi connectivity index (χ1v) is 5.44. The molecule has 4 heteroatoms. The standard InChI is InChI=1S/C12H16FN3/c1-16(12(14)15-10-6-7-10)8-9-4-2-3-5-11(9)13/h2-5,10H,6-8H2,1H3,(H2,14,15). The van der Waals surface area contributed by atoms with Crippen LogP contribution in [0.25, 0.3) is 0 Å². The Morgan fingerprint density at radius 2 is 2.19 bits per heavy atom. The smallest absolute Gasteiger partial charge is 0.191 e. The summed E-state index contributed by atoms with van der Waals surface area (Å²) in [6.07, 6.45) is 2.24. The topological polar surface area (TPSA) is 41.6 Å². The molecule has 1 fully saturated rings. The number of nitrogens with zero attached hydrogens (tertiary/aromatic N) is 2. The van der Waals surface area contributed by atoms with Crippen LogP contribution in [-0.2, 0) is 6.54 Å². The summed E-state index contributed by atoms with van der Waals surface area (Å²) < 4.78 is 13.4. The van der Waals surface area contributed by atoms with Gasteiger partial charge < -0.3 is 10.6 Å². The predicted octanol–water partition coefficient (Wildman–Crippen LogP) is 1.73. The number of halogens is 1. The van der Waals surface area contributed by atoms with Crippen LogP contribution in [0.1, 0.15) is 18.4 Å². The molecule has 1 aromatic rings. The van der Waals surface area contributed by atoms with Crippen LogP contribution in [0.4, 0.5) is 4.39 Å². The molecule has 2 N–H and O–H groups in total. The van der Waals surface area contributed by atoms with Crippen molar-refractivity contribution in [2.45, 2.75) is 25.4 Å². The molecule has 1 aliphatic carbocycles. The maximum Gasteiger partial charge on any atom is 0.191 e. The van der Waals surface area contributed by atoms with Gasteiger partial charge in [-0.2, -0.15) is 0 Å². The quantitative estimate of drug-likeness (QED) is 0.624. The molecule has 2 rings (SSSR count). The van der Waals surface area contributed by atoms with Gasteiger partial charge in [-0.1, -0.05) is 18.2 Å². The summed E-state index contributed by atoms with van der Waals surface area (Å²) in [5, 5.41) is 0. The third-order valence-electron chi connectivity index (χ3n) is 2.62. The van der Waals surface area contributed by atoms with Gasteiger partial charge in [0.15, 0.2) is 5.96 Å². The summed E-state index contributed by atoms with van der Waals surface area (Å²) in [5.41, 5.74) is 6.45. The summed E-state index contributed by atoms with van der Waals surface area (Å²) in [6, 6.07) is 7.11. The highest BCUT2D eigenvalue weighted by Gasteiger charge is 2.21. The van der Waals surface area contributed by atoms with Gasteiger partial charge in [0.1, 0.15) is 5.82 Å². The van der Waals surface area contributed by atoms with Gasteiger partial charge in [0.2, 0.25) is 0 Å². The van der Waals surface area contributed by atoms with E-state index in [9.17, 15) is 4.39 Å². The van der Waals surface area contributed by atoms with Crippen LogP contribution < -0.4 is 5.73 Å². The van der Waals surface area contributed by atoms with Gasteiger partial charge in [0, 0.05) is 19.2 Å². The molecule has 0 bridgehead atoms. The van der Waals surface area contributed by atoms with E-state index in [0.717, 1.165) is 12.8 Å². The van der Waals surface area contributed by atoms with Gasteiger partial charge in [0.05, 0.1) is 6.04 Å². The van der Waals surface area contributed by atoms with Crippen molar-refractivity contribution in [3.05, 3.63) is 35.6 Å². The van der Waals surface area contributed by atoms with Crippen LogP contribution in [0, 0.1) is 5.82 Å². The van der Waals surface area contributed by atoms with Crippen LogP contribution in [-0.4, -0.2) is 23.9 Å². The Morgan fingerprint density at radius 3 is 2.81 bits per heavy atom. The Hall–Kier alpha value is -1.58. The fourth-order valence-electron chi connectivity index (χ4n) is 1.45. The highest BCUT2D eigenvalue weighted by atomic mass is 19.1. The second-order valence-electron chi connectivity index (χ2n) is 4.17. The normalized spacial score (nSPS) is 16.2. The molecule has 16 heavy (non-hydrogen) atoms. The third-order valence-corrected chi connectivity index (χ3v) is 2.62. The van der Waals surface area contributed by atoms with E-state index in [1.54, 1.807) is 17.0 Å². The lowest BCUT2D eigenvalue weighted by Gasteiger charge is -2.18. The van der Waals surface area contributed by atoms with Gasteiger partial charge >= 0.3 is 0 Å². The van der Waals surface area contributed by atoms with E-state index in [2.05, 4.69) is 4.99 Å². The lowest BCUT2D eigenvalue weighted by Crippen LogP contribution is -2.34. The van der Waals surface area contributed by atoms with E-state index in [1.165, 1.54) is 6.07 Å². The first-order valence-electron chi connectivity index (χ1n) is 5.44. The van der Waals surface area contributed by atoms with Gasteiger partial charge in [-0.05, 0) is 18.9 Å². The highest BCUT2D eigenvalue weighted by molar-refractivity contribution is 5.78. The predicted molar refractivity (Wildman–Crippen MR) is 62.5 cm³/mol. The Bertz CT molecular complexity index is 399. The number of aliphatic imine (C=N–C) groups is 1. The van der Waals surface area contributed by atoms with Gasteiger partial charge in [-0.15, -0.1) is 0 Å². The molecule has 1 aromatic carbocycles. The molecular formula is C12H16FN3. The lowest BCUT2D eigenvalue weighted by atomic mass is 10.2. The van der Waals surface area contributed by atoms with E-state index >= 15 is 0 Å². The van der Waals surface area contributed by atoms with E-state index in [1.807, 2.05) is 13.1 Å². The minimum atomic E-state index is -0.200. The Kier molecular flexibility index (Phi) is 3.08. The maximum absolute atomic E-state index is 13.4.